The lowest BCUT2D eigenvalue weighted by Gasteiger charge is -2.07. The molecule has 19 heavy (non-hydrogen) atoms. The van der Waals surface area contributed by atoms with E-state index in [0.29, 0.717) is 0 Å². The van der Waals surface area contributed by atoms with Crippen LogP contribution >= 0.6 is 0 Å². The summed E-state index contributed by atoms with van der Waals surface area (Å²) < 4.78 is 27.5. The van der Waals surface area contributed by atoms with E-state index in [-0.39, 0.29) is 16.4 Å². The minimum atomic E-state index is -3.90. The number of nitrogens with zero attached hydrogens (tertiary/aromatic N) is 3. The van der Waals surface area contributed by atoms with E-state index in [1.807, 2.05) is 0 Å². The van der Waals surface area contributed by atoms with Gasteiger partial charge >= 0.3 is 5.97 Å². The molecule has 0 aliphatic rings. The van der Waals surface area contributed by atoms with E-state index >= 15 is 0 Å². The van der Waals surface area contributed by atoms with Crippen molar-refractivity contribution in [2.45, 2.75) is 4.90 Å². The molecular formula is C10H10N4O4S. The van der Waals surface area contributed by atoms with Crippen LogP contribution in [0.5, 0.6) is 0 Å². The predicted octanol–water partition coefficient (Wildman–Crippen LogP) is 0.314. The summed E-state index contributed by atoms with van der Waals surface area (Å²) in [5.41, 5.74) is -0.110. The minimum Gasteiger partial charge on any atom is -0.478 e. The number of carboxylic acid groups (broad SMARTS) is 1. The molecule has 0 radical (unpaired) electrons. The average molecular weight is 282 g/mol. The molecule has 0 spiro atoms. The lowest BCUT2D eigenvalue weighted by atomic mass is 10.2. The van der Waals surface area contributed by atoms with Crippen molar-refractivity contribution in [1.29, 1.82) is 0 Å². The number of aromatic nitrogens is 3. The van der Waals surface area contributed by atoms with Crippen molar-refractivity contribution in [3.05, 3.63) is 36.2 Å². The first kappa shape index (κ1) is 13.0. The Kier molecular flexibility index (Phi) is 3.21. The molecule has 2 N–H and O–H groups in total. The summed E-state index contributed by atoms with van der Waals surface area (Å²) in [4.78, 5) is 14.4. The molecule has 2 rings (SSSR count). The zero-order valence-corrected chi connectivity index (χ0v) is 10.6. The van der Waals surface area contributed by atoms with Crippen LogP contribution in [-0.2, 0) is 17.1 Å². The van der Waals surface area contributed by atoms with Crippen LogP contribution in [0.4, 0.5) is 5.95 Å². The summed E-state index contributed by atoms with van der Waals surface area (Å²) >= 11 is 0. The number of carboxylic acids is 1. The van der Waals surface area contributed by atoms with E-state index < -0.39 is 16.0 Å². The van der Waals surface area contributed by atoms with Gasteiger partial charge in [-0.25, -0.2) is 22.6 Å². The van der Waals surface area contributed by atoms with E-state index in [4.69, 9.17) is 5.11 Å². The monoisotopic (exact) mass is 282 g/mol. The highest BCUT2D eigenvalue weighted by Crippen LogP contribution is 2.15. The largest absolute Gasteiger partial charge is 0.478 e. The van der Waals surface area contributed by atoms with E-state index in [1.54, 1.807) is 0 Å². The second-order valence-electron chi connectivity index (χ2n) is 3.65. The number of hydrogen-bond acceptors (Lipinski definition) is 5. The molecule has 1 aromatic heterocycles. The Morgan fingerprint density at radius 3 is 2.74 bits per heavy atom. The van der Waals surface area contributed by atoms with Crippen molar-refractivity contribution < 1.29 is 18.3 Å². The molecule has 0 aliphatic carbocycles. The highest BCUT2D eigenvalue weighted by molar-refractivity contribution is 7.92. The summed E-state index contributed by atoms with van der Waals surface area (Å²) in [6.45, 7) is 0. The van der Waals surface area contributed by atoms with Gasteiger partial charge in [-0.1, -0.05) is 6.07 Å². The molecule has 0 fully saturated rings. The fourth-order valence-electron chi connectivity index (χ4n) is 1.36. The van der Waals surface area contributed by atoms with Crippen molar-refractivity contribution >= 4 is 21.9 Å². The van der Waals surface area contributed by atoms with Gasteiger partial charge in [0.2, 0.25) is 5.95 Å². The Labute approximate surface area is 108 Å². The summed E-state index contributed by atoms with van der Waals surface area (Å²) in [5.74, 6) is -1.16. The number of aryl methyl sites for hydroxylation is 1. The van der Waals surface area contributed by atoms with Gasteiger partial charge in [-0.15, -0.1) is 0 Å². The Morgan fingerprint density at radius 2 is 2.16 bits per heavy atom. The molecule has 1 aromatic carbocycles. The van der Waals surface area contributed by atoms with Crippen molar-refractivity contribution in [3.8, 4) is 0 Å². The second kappa shape index (κ2) is 4.69. The molecule has 0 bridgehead atoms. The third kappa shape index (κ3) is 2.71. The molecule has 100 valence electrons. The van der Waals surface area contributed by atoms with Crippen LogP contribution in [-0.4, -0.2) is 34.3 Å². The van der Waals surface area contributed by atoms with Crippen LogP contribution in [0.3, 0.4) is 0 Å². The van der Waals surface area contributed by atoms with Gasteiger partial charge in [0.05, 0.1) is 10.5 Å². The highest BCUT2D eigenvalue weighted by Gasteiger charge is 2.18. The van der Waals surface area contributed by atoms with Gasteiger partial charge in [0.15, 0.2) is 0 Å². The Balaban J connectivity index is 2.37. The minimum absolute atomic E-state index is 0.0423. The van der Waals surface area contributed by atoms with Crippen molar-refractivity contribution in [2.75, 3.05) is 4.72 Å². The Bertz CT molecular complexity index is 723. The van der Waals surface area contributed by atoms with E-state index in [1.165, 1.54) is 36.3 Å². The SMILES string of the molecule is Cn1ncnc1NS(=O)(=O)c1cccc(C(=O)O)c1. The van der Waals surface area contributed by atoms with Crippen LogP contribution in [0.1, 0.15) is 10.4 Å². The topological polar surface area (TPSA) is 114 Å². The quantitative estimate of drug-likeness (QED) is 0.834. The first-order valence-corrected chi connectivity index (χ1v) is 6.58. The maximum Gasteiger partial charge on any atom is 0.335 e. The summed E-state index contributed by atoms with van der Waals surface area (Å²) in [7, 11) is -2.37. The fraction of sp³-hybridized carbons (Fsp3) is 0.100. The molecule has 9 heteroatoms. The molecule has 1 heterocycles. The number of rotatable bonds is 4. The van der Waals surface area contributed by atoms with Gasteiger partial charge in [-0.05, 0) is 18.2 Å². The number of anilines is 1. The molecule has 0 amide bonds. The summed E-state index contributed by atoms with van der Waals surface area (Å²) in [5, 5.41) is 12.6. The van der Waals surface area contributed by atoms with Gasteiger partial charge in [0.25, 0.3) is 10.0 Å². The summed E-state index contributed by atoms with van der Waals surface area (Å²) in [6.07, 6.45) is 1.20. The number of hydrogen-bond donors (Lipinski definition) is 2. The van der Waals surface area contributed by atoms with E-state index in [9.17, 15) is 13.2 Å². The molecule has 0 saturated carbocycles. The van der Waals surface area contributed by atoms with Gasteiger partial charge in [-0.3, -0.25) is 0 Å². The maximum absolute atomic E-state index is 12.0. The maximum atomic E-state index is 12.0. The number of benzene rings is 1. The van der Waals surface area contributed by atoms with Crippen molar-refractivity contribution in [1.82, 2.24) is 14.8 Å². The molecule has 2 aromatic rings. The van der Waals surface area contributed by atoms with Crippen molar-refractivity contribution in [3.63, 3.8) is 0 Å². The van der Waals surface area contributed by atoms with Crippen LogP contribution in [0.15, 0.2) is 35.5 Å². The number of carbonyl (C=O) groups is 1. The predicted molar refractivity (Wildman–Crippen MR) is 65.2 cm³/mol. The number of sulfonamides is 1. The summed E-state index contributed by atoms with van der Waals surface area (Å²) in [6, 6.07) is 5.03. The number of aromatic carboxylic acids is 1. The standard InChI is InChI=1S/C10H10N4O4S/c1-14-10(11-6-12-14)13-19(17,18)8-4-2-3-7(5-8)9(15)16/h2-6H,1H3,(H,15,16)(H,11,12,13). The fourth-order valence-corrected chi connectivity index (χ4v) is 2.45. The van der Waals surface area contributed by atoms with Crippen LogP contribution < -0.4 is 4.72 Å². The molecule has 0 atom stereocenters. The Hall–Kier alpha value is -2.42. The smallest absolute Gasteiger partial charge is 0.335 e. The van der Waals surface area contributed by atoms with Gasteiger partial charge in [-0.2, -0.15) is 10.1 Å². The molecule has 0 unspecified atom stereocenters. The Morgan fingerprint density at radius 1 is 1.42 bits per heavy atom. The van der Waals surface area contributed by atoms with Crippen LogP contribution in [0.25, 0.3) is 0 Å². The first-order chi connectivity index (χ1) is 8.90. The normalized spacial score (nSPS) is 11.2. The number of nitrogens with one attached hydrogen (secondary N) is 1. The van der Waals surface area contributed by atoms with Gasteiger partial charge in [0.1, 0.15) is 6.33 Å². The average Bonchev–Trinajstić information content (AvgIpc) is 2.74. The second-order valence-corrected chi connectivity index (χ2v) is 5.33. The molecule has 0 saturated heterocycles. The zero-order valence-electron chi connectivity index (χ0n) is 9.81. The van der Waals surface area contributed by atoms with E-state index in [2.05, 4.69) is 14.8 Å². The zero-order chi connectivity index (χ0) is 14.0. The van der Waals surface area contributed by atoms with Gasteiger partial charge < -0.3 is 5.11 Å². The van der Waals surface area contributed by atoms with Gasteiger partial charge in [0, 0.05) is 7.05 Å². The molecule has 8 nitrogen and oxygen atoms in total. The molecular weight excluding hydrogens is 272 g/mol. The molecule has 0 aliphatic heterocycles. The lowest BCUT2D eigenvalue weighted by molar-refractivity contribution is 0.0696. The van der Waals surface area contributed by atoms with Crippen LogP contribution in [0.2, 0.25) is 0 Å². The first-order valence-electron chi connectivity index (χ1n) is 5.10. The third-order valence-electron chi connectivity index (χ3n) is 2.33. The lowest BCUT2D eigenvalue weighted by Crippen LogP contribution is -2.16. The van der Waals surface area contributed by atoms with E-state index in [0.717, 1.165) is 6.07 Å². The van der Waals surface area contributed by atoms with Crippen molar-refractivity contribution in [2.24, 2.45) is 7.05 Å². The van der Waals surface area contributed by atoms with Crippen LogP contribution in [0, 0.1) is 0 Å². The third-order valence-corrected chi connectivity index (χ3v) is 3.65. The highest BCUT2D eigenvalue weighted by atomic mass is 32.2.